The minimum absolute atomic E-state index is 0.0433. The van der Waals surface area contributed by atoms with Crippen LogP contribution in [0.3, 0.4) is 0 Å². The van der Waals surface area contributed by atoms with Crippen LogP contribution in [0, 0.1) is 6.92 Å². The van der Waals surface area contributed by atoms with Gasteiger partial charge in [0.15, 0.2) is 6.10 Å². The highest BCUT2D eigenvalue weighted by molar-refractivity contribution is 7.87. The van der Waals surface area contributed by atoms with E-state index < -0.39 is 22.2 Å². The van der Waals surface area contributed by atoms with E-state index >= 15 is 0 Å². The maximum Gasteiger partial charge on any atom is 0.339 e. The van der Waals surface area contributed by atoms with Crippen LogP contribution >= 0.6 is 0 Å². The number of hydrogen-bond donors (Lipinski definition) is 1. The third-order valence-electron chi connectivity index (χ3n) is 3.14. The molecule has 0 aliphatic carbocycles. The second kappa shape index (κ2) is 6.80. The van der Waals surface area contributed by atoms with Crippen molar-refractivity contribution in [3.8, 4) is 5.75 Å². The van der Waals surface area contributed by atoms with Gasteiger partial charge in [0.2, 0.25) is 0 Å². The first-order valence-corrected chi connectivity index (χ1v) is 8.11. The van der Waals surface area contributed by atoms with Gasteiger partial charge >= 0.3 is 16.1 Å². The van der Waals surface area contributed by atoms with E-state index in [1.807, 2.05) is 6.92 Å². The Morgan fingerprint density at radius 2 is 1.61 bits per heavy atom. The van der Waals surface area contributed by atoms with Crippen molar-refractivity contribution in [3.63, 3.8) is 0 Å². The molecule has 0 spiro atoms. The summed E-state index contributed by atoms with van der Waals surface area (Å²) < 4.78 is 33.7. The fraction of sp³-hybridized carbons (Fsp3) is 0.188. The fourth-order valence-corrected chi connectivity index (χ4v) is 2.76. The lowest BCUT2D eigenvalue weighted by Crippen LogP contribution is -2.13. The molecule has 7 heteroatoms. The fourth-order valence-electron chi connectivity index (χ4n) is 1.83. The second-order valence-corrected chi connectivity index (χ2v) is 6.39. The molecule has 2 rings (SSSR count). The van der Waals surface area contributed by atoms with Crippen LogP contribution in [0.2, 0.25) is 0 Å². The lowest BCUT2D eigenvalue weighted by Gasteiger charge is -2.10. The average molecular weight is 336 g/mol. The van der Waals surface area contributed by atoms with Gasteiger partial charge in [0, 0.05) is 0 Å². The van der Waals surface area contributed by atoms with Crippen LogP contribution in [0.25, 0.3) is 0 Å². The maximum absolute atomic E-state index is 12.1. The van der Waals surface area contributed by atoms with E-state index in [4.69, 9.17) is 4.18 Å². The van der Waals surface area contributed by atoms with Crippen molar-refractivity contribution in [2.75, 3.05) is 7.11 Å². The number of aliphatic hydroxyl groups is 1. The van der Waals surface area contributed by atoms with Crippen LogP contribution < -0.4 is 4.18 Å². The number of ether oxygens (including phenoxy) is 1. The van der Waals surface area contributed by atoms with Gasteiger partial charge in [0.25, 0.3) is 0 Å². The summed E-state index contributed by atoms with van der Waals surface area (Å²) >= 11 is 0. The van der Waals surface area contributed by atoms with Gasteiger partial charge in [0.1, 0.15) is 10.6 Å². The molecule has 0 aromatic heterocycles. The Morgan fingerprint density at radius 1 is 1.04 bits per heavy atom. The molecule has 0 heterocycles. The van der Waals surface area contributed by atoms with Crippen molar-refractivity contribution < 1.29 is 27.2 Å². The van der Waals surface area contributed by atoms with Crippen LogP contribution in [0.5, 0.6) is 5.75 Å². The Balaban J connectivity index is 2.17. The van der Waals surface area contributed by atoms with Crippen molar-refractivity contribution in [3.05, 3.63) is 59.7 Å². The summed E-state index contributed by atoms with van der Waals surface area (Å²) in [6, 6.07) is 11.8. The molecule has 23 heavy (non-hydrogen) atoms. The monoisotopic (exact) mass is 336 g/mol. The molecule has 1 unspecified atom stereocenters. The smallest absolute Gasteiger partial charge is 0.339 e. The van der Waals surface area contributed by atoms with E-state index in [1.54, 1.807) is 12.1 Å². The number of methoxy groups -OCH3 is 1. The second-order valence-electron chi connectivity index (χ2n) is 4.85. The molecule has 0 aliphatic heterocycles. The molecule has 0 saturated carbocycles. The highest BCUT2D eigenvalue weighted by Crippen LogP contribution is 2.22. The molecular formula is C16H16O6S. The highest BCUT2D eigenvalue weighted by atomic mass is 32.2. The molecule has 2 aromatic carbocycles. The molecule has 122 valence electrons. The van der Waals surface area contributed by atoms with Crippen molar-refractivity contribution >= 4 is 16.1 Å². The first kappa shape index (κ1) is 17.0. The Hall–Kier alpha value is -2.38. The number of aryl methyl sites for hydroxylation is 1. The zero-order valence-electron chi connectivity index (χ0n) is 12.6. The first-order chi connectivity index (χ1) is 10.8. The predicted octanol–water partition coefficient (Wildman–Crippen LogP) is 1.97. The molecule has 1 N–H and O–H groups in total. The van der Waals surface area contributed by atoms with Crippen molar-refractivity contribution in [2.45, 2.75) is 17.9 Å². The molecule has 2 aromatic rings. The summed E-state index contributed by atoms with van der Waals surface area (Å²) in [5, 5.41) is 9.68. The van der Waals surface area contributed by atoms with E-state index in [1.165, 1.54) is 36.4 Å². The number of hydrogen-bond acceptors (Lipinski definition) is 6. The number of esters is 1. The third-order valence-corrected chi connectivity index (χ3v) is 4.40. The van der Waals surface area contributed by atoms with E-state index in [0.29, 0.717) is 0 Å². The van der Waals surface area contributed by atoms with Crippen LogP contribution in [-0.4, -0.2) is 26.6 Å². The SMILES string of the molecule is COC(=O)C(O)c1ccc(OS(=O)(=O)c2ccc(C)cc2)cc1. The van der Waals surface area contributed by atoms with E-state index in [0.717, 1.165) is 12.7 Å². The minimum atomic E-state index is -3.94. The van der Waals surface area contributed by atoms with Gasteiger partial charge in [-0.05, 0) is 36.8 Å². The predicted molar refractivity (Wildman–Crippen MR) is 82.4 cm³/mol. The molecule has 0 saturated heterocycles. The van der Waals surface area contributed by atoms with Gasteiger partial charge < -0.3 is 14.0 Å². The molecule has 0 fully saturated rings. The van der Waals surface area contributed by atoms with Crippen LogP contribution in [0.1, 0.15) is 17.2 Å². The topological polar surface area (TPSA) is 89.9 Å². The number of aliphatic hydroxyl groups excluding tert-OH is 1. The largest absolute Gasteiger partial charge is 0.467 e. The van der Waals surface area contributed by atoms with E-state index in [9.17, 15) is 18.3 Å². The molecule has 1 atom stereocenters. The molecular weight excluding hydrogens is 320 g/mol. The lowest BCUT2D eigenvalue weighted by molar-refractivity contribution is -0.150. The Kier molecular flexibility index (Phi) is 5.02. The van der Waals surface area contributed by atoms with Crippen LogP contribution in [0.4, 0.5) is 0 Å². The molecule has 0 aliphatic rings. The minimum Gasteiger partial charge on any atom is -0.467 e. The zero-order valence-corrected chi connectivity index (χ0v) is 13.4. The molecule has 0 amide bonds. The number of benzene rings is 2. The molecule has 0 radical (unpaired) electrons. The van der Waals surface area contributed by atoms with E-state index in [2.05, 4.69) is 4.74 Å². The van der Waals surface area contributed by atoms with E-state index in [-0.39, 0.29) is 16.2 Å². The van der Waals surface area contributed by atoms with Gasteiger partial charge in [-0.3, -0.25) is 0 Å². The zero-order chi connectivity index (χ0) is 17.0. The van der Waals surface area contributed by atoms with Gasteiger partial charge in [-0.2, -0.15) is 8.42 Å². The number of carbonyl (C=O) groups excluding carboxylic acids is 1. The molecule has 6 nitrogen and oxygen atoms in total. The number of rotatable bonds is 5. The quantitative estimate of drug-likeness (QED) is 0.663. The van der Waals surface area contributed by atoms with Crippen molar-refractivity contribution in [1.82, 2.24) is 0 Å². The van der Waals surface area contributed by atoms with Gasteiger partial charge in [0.05, 0.1) is 7.11 Å². The van der Waals surface area contributed by atoms with Crippen molar-refractivity contribution in [1.29, 1.82) is 0 Å². The van der Waals surface area contributed by atoms with Gasteiger partial charge in [-0.1, -0.05) is 29.8 Å². The first-order valence-electron chi connectivity index (χ1n) is 6.70. The standard InChI is InChI=1S/C16H16O6S/c1-11-3-9-14(10-4-11)23(19,20)22-13-7-5-12(6-8-13)15(17)16(18)21-2/h3-10,15,17H,1-2H3. The summed E-state index contributed by atoms with van der Waals surface area (Å²) in [4.78, 5) is 11.3. The lowest BCUT2D eigenvalue weighted by atomic mass is 10.1. The molecule has 0 bridgehead atoms. The van der Waals surface area contributed by atoms with Gasteiger partial charge in [-0.25, -0.2) is 4.79 Å². The average Bonchev–Trinajstić information content (AvgIpc) is 2.54. The number of carbonyl (C=O) groups is 1. The Bertz CT molecular complexity index is 778. The highest BCUT2D eigenvalue weighted by Gasteiger charge is 2.19. The van der Waals surface area contributed by atoms with Crippen LogP contribution in [0.15, 0.2) is 53.4 Å². The normalized spacial score (nSPS) is 12.5. The summed E-state index contributed by atoms with van der Waals surface area (Å²) in [6.45, 7) is 1.85. The third kappa shape index (κ3) is 4.08. The maximum atomic E-state index is 12.1. The van der Waals surface area contributed by atoms with Crippen molar-refractivity contribution in [2.24, 2.45) is 0 Å². The van der Waals surface area contributed by atoms with Crippen LogP contribution in [-0.2, 0) is 19.6 Å². The summed E-state index contributed by atoms with van der Waals surface area (Å²) in [6.07, 6.45) is -1.43. The van der Waals surface area contributed by atoms with Gasteiger partial charge in [-0.15, -0.1) is 0 Å². The Morgan fingerprint density at radius 3 is 2.13 bits per heavy atom. The summed E-state index contributed by atoms with van der Waals surface area (Å²) in [5.41, 5.74) is 1.21. The summed E-state index contributed by atoms with van der Waals surface area (Å²) in [7, 11) is -2.77. The Labute approximate surface area is 134 Å². The summed E-state index contributed by atoms with van der Waals surface area (Å²) in [5.74, 6) is -0.725.